The number of carbonyl (C=O) groups excluding carboxylic acids is 1. The summed E-state index contributed by atoms with van der Waals surface area (Å²) in [6.07, 6.45) is 1.51. The number of aryl methyl sites for hydroxylation is 2. The summed E-state index contributed by atoms with van der Waals surface area (Å²) in [7, 11) is 0. The van der Waals surface area contributed by atoms with E-state index < -0.39 is 10.8 Å². The number of hydrogen-bond acceptors (Lipinski definition) is 4. The quantitative estimate of drug-likeness (QED) is 0.542. The molecule has 1 amide bonds. The molecule has 1 heterocycles. The van der Waals surface area contributed by atoms with Crippen LogP contribution in [0.15, 0.2) is 65.6 Å². The number of nitrogens with one attached hydrogen (secondary N) is 1. The fraction of sp³-hybridized carbons (Fsp3) is 0.143. The van der Waals surface area contributed by atoms with Crippen LogP contribution in [0.5, 0.6) is 0 Å². The molecule has 3 aromatic rings. The lowest BCUT2D eigenvalue weighted by atomic mass is 10.1. The Morgan fingerprint density at radius 2 is 1.89 bits per heavy atom. The number of carbonyl (C=O) groups is 1. The predicted molar refractivity (Wildman–Crippen MR) is 107 cm³/mol. The van der Waals surface area contributed by atoms with Gasteiger partial charge in [-0.2, -0.15) is 0 Å². The predicted octanol–water partition coefficient (Wildman–Crippen LogP) is 3.67. The molecule has 0 atom stereocenters. The number of amides is 1. The minimum atomic E-state index is -0.486. The SMILES string of the molecule is Cc1cccc(Cn2cc(C(=O)Nc3ccc([N+](=O)[O-])cc3C)ccc2=O)c1. The average Bonchev–Trinajstić information content (AvgIpc) is 2.65. The van der Waals surface area contributed by atoms with Crippen LogP contribution in [0.4, 0.5) is 11.4 Å². The van der Waals surface area contributed by atoms with Crippen LogP contribution in [0.25, 0.3) is 0 Å². The van der Waals surface area contributed by atoms with Crippen molar-refractivity contribution in [2.75, 3.05) is 5.32 Å². The van der Waals surface area contributed by atoms with Gasteiger partial charge in [-0.15, -0.1) is 0 Å². The van der Waals surface area contributed by atoms with Crippen molar-refractivity contribution in [3.05, 3.63) is 104 Å². The number of nitrogens with zero attached hydrogens (tertiary/aromatic N) is 2. The van der Waals surface area contributed by atoms with E-state index in [1.54, 1.807) is 6.92 Å². The number of anilines is 1. The maximum atomic E-state index is 12.6. The number of nitro benzene ring substituents is 1. The summed E-state index contributed by atoms with van der Waals surface area (Å²) in [4.78, 5) is 35.1. The molecule has 0 aliphatic carbocycles. The highest BCUT2D eigenvalue weighted by Crippen LogP contribution is 2.21. The van der Waals surface area contributed by atoms with Gasteiger partial charge in [0.25, 0.3) is 17.2 Å². The molecular weight excluding hydrogens is 358 g/mol. The minimum absolute atomic E-state index is 0.0396. The molecule has 0 unspecified atom stereocenters. The lowest BCUT2D eigenvalue weighted by molar-refractivity contribution is -0.384. The maximum absolute atomic E-state index is 12.6. The monoisotopic (exact) mass is 377 g/mol. The molecule has 1 aromatic heterocycles. The standard InChI is InChI=1S/C21H19N3O4/c1-14-4-3-5-16(10-14)12-23-13-17(6-9-20(23)25)21(26)22-19-8-7-18(24(27)28)11-15(19)2/h3-11,13H,12H2,1-2H3,(H,22,26). The van der Waals surface area contributed by atoms with Gasteiger partial charge in [0.2, 0.25) is 0 Å². The third kappa shape index (κ3) is 4.32. The smallest absolute Gasteiger partial charge is 0.269 e. The highest BCUT2D eigenvalue weighted by atomic mass is 16.6. The molecule has 0 bridgehead atoms. The van der Waals surface area contributed by atoms with Gasteiger partial charge in [-0.05, 0) is 37.1 Å². The molecule has 0 spiro atoms. The van der Waals surface area contributed by atoms with Crippen molar-refractivity contribution in [1.29, 1.82) is 0 Å². The fourth-order valence-electron chi connectivity index (χ4n) is 2.89. The Morgan fingerprint density at radius 1 is 1.11 bits per heavy atom. The van der Waals surface area contributed by atoms with E-state index in [1.807, 2.05) is 31.2 Å². The molecule has 0 aliphatic rings. The van der Waals surface area contributed by atoms with Gasteiger partial charge in [-0.25, -0.2) is 0 Å². The van der Waals surface area contributed by atoms with Crippen LogP contribution in [-0.2, 0) is 6.54 Å². The van der Waals surface area contributed by atoms with E-state index in [9.17, 15) is 19.7 Å². The summed E-state index contributed by atoms with van der Waals surface area (Å²) in [6.45, 7) is 4.02. The molecule has 0 saturated heterocycles. The first kappa shape index (κ1) is 19.0. The topological polar surface area (TPSA) is 94.2 Å². The van der Waals surface area contributed by atoms with Crippen LogP contribution in [0, 0.1) is 24.0 Å². The molecule has 7 nitrogen and oxygen atoms in total. The van der Waals surface area contributed by atoms with Crippen LogP contribution in [0.2, 0.25) is 0 Å². The Bertz CT molecular complexity index is 1120. The van der Waals surface area contributed by atoms with Gasteiger partial charge in [-0.1, -0.05) is 29.8 Å². The summed E-state index contributed by atoms with van der Waals surface area (Å²) in [5.41, 5.74) is 3.19. The zero-order chi connectivity index (χ0) is 20.3. The Kier molecular flexibility index (Phi) is 5.35. The number of aromatic nitrogens is 1. The van der Waals surface area contributed by atoms with E-state index in [0.29, 0.717) is 23.4 Å². The van der Waals surface area contributed by atoms with Crippen molar-refractivity contribution in [1.82, 2.24) is 4.57 Å². The molecule has 0 aliphatic heterocycles. The third-order valence-corrected chi connectivity index (χ3v) is 4.35. The largest absolute Gasteiger partial charge is 0.322 e. The second-order valence-corrected chi connectivity index (χ2v) is 6.58. The lowest BCUT2D eigenvalue weighted by Gasteiger charge is -2.11. The Balaban J connectivity index is 1.83. The van der Waals surface area contributed by atoms with E-state index >= 15 is 0 Å². The van der Waals surface area contributed by atoms with Crippen molar-refractivity contribution in [2.24, 2.45) is 0 Å². The molecule has 1 N–H and O–H groups in total. The van der Waals surface area contributed by atoms with Crippen LogP contribution in [0.3, 0.4) is 0 Å². The highest BCUT2D eigenvalue weighted by Gasteiger charge is 2.12. The van der Waals surface area contributed by atoms with Crippen molar-refractivity contribution in [3.63, 3.8) is 0 Å². The van der Waals surface area contributed by atoms with Crippen molar-refractivity contribution < 1.29 is 9.72 Å². The van der Waals surface area contributed by atoms with Crippen molar-refractivity contribution in [2.45, 2.75) is 20.4 Å². The van der Waals surface area contributed by atoms with Gasteiger partial charge < -0.3 is 9.88 Å². The number of nitro groups is 1. The van der Waals surface area contributed by atoms with Gasteiger partial charge in [0, 0.05) is 30.1 Å². The van der Waals surface area contributed by atoms with E-state index in [1.165, 1.54) is 41.1 Å². The molecule has 3 rings (SSSR count). The van der Waals surface area contributed by atoms with E-state index in [4.69, 9.17) is 0 Å². The number of benzene rings is 2. The Hall–Kier alpha value is -3.74. The fourth-order valence-corrected chi connectivity index (χ4v) is 2.89. The zero-order valence-corrected chi connectivity index (χ0v) is 15.5. The second kappa shape index (κ2) is 7.87. The molecule has 142 valence electrons. The minimum Gasteiger partial charge on any atom is -0.322 e. The summed E-state index contributed by atoms with van der Waals surface area (Å²) in [6, 6.07) is 14.8. The molecule has 7 heteroatoms. The second-order valence-electron chi connectivity index (χ2n) is 6.58. The molecule has 0 saturated carbocycles. The zero-order valence-electron chi connectivity index (χ0n) is 15.5. The average molecular weight is 377 g/mol. The lowest BCUT2D eigenvalue weighted by Crippen LogP contribution is -2.22. The van der Waals surface area contributed by atoms with E-state index in [0.717, 1.165) is 11.1 Å². The van der Waals surface area contributed by atoms with Crippen LogP contribution >= 0.6 is 0 Å². The van der Waals surface area contributed by atoms with Crippen LogP contribution in [0.1, 0.15) is 27.0 Å². The first-order valence-electron chi connectivity index (χ1n) is 8.66. The van der Waals surface area contributed by atoms with Crippen LogP contribution < -0.4 is 10.9 Å². The Labute approximate surface area is 161 Å². The molecule has 0 radical (unpaired) electrons. The highest BCUT2D eigenvalue weighted by molar-refractivity contribution is 6.04. The Morgan fingerprint density at radius 3 is 2.57 bits per heavy atom. The molecular formula is C21H19N3O4. The third-order valence-electron chi connectivity index (χ3n) is 4.35. The summed E-state index contributed by atoms with van der Waals surface area (Å²) < 4.78 is 1.48. The van der Waals surface area contributed by atoms with E-state index in [2.05, 4.69) is 5.32 Å². The maximum Gasteiger partial charge on any atom is 0.269 e. The molecule has 0 fully saturated rings. The van der Waals surface area contributed by atoms with Crippen molar-refractivity contribution >= 4 is 17.3 Å². The first-order chi connectivity index (χ1) is 13.3. The van der Waals surface area contributed by atoms with Gasteiger partial charge in [-0.3, -0.25) is 19.7 Å². The van der Waals surface area contributed by atoms with Gasteiger partial charge in [0.1, 0.15) is 0 Å². The van der Waals surface area contributed by atoms with Gasteiger partial charge in [0.15, 0.2) is 0 Å². The normalized spacial score (nSPS) is 10.5. The number of non-ortho nitro benzene ring substituents is 1. The molecule has 2 aromatic carbocycles. The van der Waals surface area contributed by atoms with Gasteiger partial charge in [0.05, 0.1) is 17.0 Å². The summed E-state index contributed by atoms with van der Waals surface area (Å²) >= 11 is 0. The number of rotatable bonds is 5. The summed E-state index contributed by atoms with van der Waals surface area (Å²) in [5, 5.41) is 13.6. The van der Waals surface area contributed by atoms with E-state index in [-0.39, 0.29) is 11.2 Å². The van der Waals surface area contributed by atoms with Crippen LogP contribution in [-0.4, -0.2) is 15.4 Å². The summed E-state index contributed by atoms with van der Waals surface area (Å²) in [5.74, 6) is -0.394. The van der Waals surface area contributed by atoms with Crippen molar-refractivity contribution in [3.8, 4) is 0 Å². The van der Waals surface area contributed by atoms with Gasteiger partial charge >= 0.3 is 0 Å². The number of pyridine rings is 1. The first-order valence-corrected chi connectivity index (χ1v) is 8.66. The molecule has 28 heavy (non-hydrogen) atoms. The number of hydrogen-bond donors (Lipinski definition) is 1.